The first kappa shape index (κ1) is 22.8. The van der Waals surface area contributed by atoms with Gasteiger partial charge >= 0.3 is 0 Å². The van der Waals surface area contributed by atoms with Crippen LogP contribution in [0, 0.1) is 41.3 Å². The SMILES string of the molecule is Cc1cn(C2=CCC3C4CC=C5C[C@@H](NC(=O)c6ccc(F)cc6)CC[C@]5(C)C4CC[C@]23C)cn1. The van der Waals surface area contributed by atoms with Crippen LogP contribution in [0.15, 0.2) is 54.5 Å². The molecule has 0 saturated heterocycles. The van der Waals surface area contributed by atoms with Gasteiger partial charge in [-0.25, -0.2) is 9.37 Å². The molecule has 6 rings (SSSR count). The number of fused-ring (bicyclic) bond motifs is 5. The number of allylic oxidation sites excluding steroid dienone is 3. The van der Waals surface area contributed by atoms with E-state index in [2.05, 4.69) is 54.0 Å². The summed E-state index contributed by atoms with van der Waals surface area (Å²) in [7, 11) is 0. The number of carbonyl (C=O) groups is 1. The molecule has 1 aromatic carbocycles. The van der Waals surface area contributed by atoms with Gasteiger partial charge in [-0.15, -0.1) is 0 Å². The Morgan fingerprint density at radius 1 is 1.06 bits per heavy atom. The van der Waals surface area contributed by atoms with Gasteiger partial charge in [-0.3, -0.25) is 4.79 Å². The van der Waals surface area contributed by atoms with Crippen molar-refractivity contribution in [3.8, 4) is 0 Å². The van der Waals surface area contributed by atoms with Gasteiger partial charge in [-0.1, -0.05) is 31.6 Å². The minimum absolute atomic E-state index is 0.0966. The van der Waals surface area contributed by atoms with Crippen molar-refractivity contribution in [3.63, 3.8) is 0 Å². The van der Waals surface area contributed by atoms with E-state index in [1.807, 2.05) is 6.33 Å². The van der Waals surface area contributed by atoms with Gasteiger partial charge in [-0.2, -0.15) is 0 Å². The number of aromatic nitrogens is 2. The number of nitrogens with zero attached hydrogens (tertiary/aromatic N) is 2. The van der Waals surface area contributed by atoms with E-state index in [1.165, 1.54) is 37.1 Å². The molecule has 2 saturated carbocycles. The second-order valence-corrected chi connectivity index (χ2v) is 11.9. The van der Waals surface area contributed by atoms with Gasteiger partial charge in [0.2, 0.25) is 0 Å². The Hall–Kier alpha value is -2.69. The fourth-order valence-corrected chi connectivity index (χ4v) is 8.15. The van der Waals surface area contributed by atoms with Crippen LogP contribution in [-0.4, -0.2) is 21.5 Å². The van der Waals surface area contributed by atoms with Crippen molar-refractivity contribution in [2.45, 2.75) is 71.8 Å². The van der Waals surface area contributed by atoms with Gasteiger partial charge in [-0.05, 0) is 99.3 Å². The van der Waals surface area contributed by atoms with Gasteiger partial charge in [0, 0.05) is 28.9 Å². The number of carbonyl (C=O) groups excluding carboxylic acids is 1. The maximum atomic E-state index is 13.2. The molecule has 1 N–H and O–H groups in total. The predicted molar refractivity (Wildman–Crippen MR) is 136 cm³/mol. The number of halogens is 1. The molecule has 4 aliphatic rings. The van der Waals surface area contributed by atoms with E-state index in [9.17, 15) is 9.18 Å². The van der Waals surface area contributed by atoms with Crippen molar-refractivity contribution in [2.24, 2.45) is 28.6 Å². The Labute approximate surface area is 207 Å². The average Bonchev–Trinajstić information content (AvgIpc) is 3.42. The van der Waals surface area contributed by atoms with E-state index in [-0.39, 0.29) is 28.6 Å². The highest BCUT2D eigenvalue weighted by Gasteiger charge is 2.57. The molecule has 5 heteroatoms. The van der Waals surface area contributed by atoms with E-state index < -0.39 is 0 Å². The van der Waals surface area contributed by atoms with Crippen LogP contribution >= 0.6 is 0 Å². The third kappa shape index (κ3) is 3.61. The largest absolute Gasteiger partial charge is 0.349 e. The number of rotatable bonds is 3. The maximum absolute atomic E-state index is 13.2. The Kier molecular flexibility index (Phi) is 5.32. The maximum Gasteiger partial charge on any atom is 0.251 e. The van der Waals surface area contributed by atoms with Crippen molar-refractivity contribution in [1.82, 2.24) is 14.9 Å². The average molecular weight is 474 g/mol. The van der Waals surface area contributed by atoms with Gasteiger partial charge in [0.15, 0.2) is 0 Å². The summed E-state index contributed by atoms with van der Waals surface area (Å²) < 4.78 is 15.5. The van der Waals surface area contributed by atoms with Crippen molar-refractivity contribution >= 4 is 11.6 Å². The Bertz CT molecular complexity index is 1210. The summed E-state index contributed by atoms with van der Waals surface area (Å²) in [4.78, 5) is 17.2. The van der Waals surface area contributed by atoms with E-state index in [0.717, 1.165) is 31.4 Å². The smallest absolute Gasteiger partial charge is 0.251 e. The van der Waals surface area contributed by atoms with Crippen LogP contribution in [0.1, 0.15) is 74.8 Å². The zero-order chi connectivity index (χ0) is 24.4. The van der Waals surface area contributed by atoms with Gasteiger partial charge in [0.05, 0.1) is 12.0 Å². The molecule has 2 aromatic rings. The van der Waals surface area contributed by atoms with E-state index >= 15 is 0 Å². The normalized spacial score (nSPS) is 35.9. The van der Waals surface area contributed by atoms with E-state index in [4.69, 9.17) is 0 Å². The van der Waals surface area contributed by atoms with Crippen LogP contribution in [0.25, 0.3) is 5.70 Å². The monoisotopic (exact) mass is 473 g/mol. The Balaban J connectivity index is 1.18. The van der Waals surface area contributed by atoms with Crippen molar-refractivity contribution in [2.75, 3.05) is 0 Å². The first-order valence-electron chi connectivity index (χ1n) is 13.3. The standard InChI is InChI=1S/C30H36FN3O/c1-19-17-34(18-32-19)27-11-10-25-24-9-6-21-16-23(33-28(35)20-4-7-22(31)8-5-20)12-14-29(21,2)26(24)13-15-30(25,27)3/h4-8,11,17-18,23-26H,9-10,12-16H2,1-3H3,(H,33,35)/t23-,24?,25?,26?,29-,30-/m0/s1. The summed E-state index contributed by atoms with van der Waals surface area (Å²) >= 11 is 0. The molecule has 1 heterocycles. The number of nitrogens with one attached hydrogen (secondary N) is 1. The van der Waals surface area contributed by atoms with Gasteiger partial charge in [0.1, 0.15) is 5.82 Å². The molecule has 35 heavy (non-hydrogen) atoms. The molecule has 1 aromatic heterocycles. The van der Waals surface area contributed by atoms with E-state index in [0.29, 0.717) is 23.3 Å². The quantitative estimate of drug-likeness (QED) is 0.514. The van der Waals surface area contributed by atoms with Crippen LogP contribution in [0.5, 0.6) is 0 Å². The molecule has 1 amide bonds. The third-order valence-electron chi connectivity index (χ3n) is 10.1. The Morgan fingerprint density at radius 3 is 2.57 bits per heavy atom. The molecule has 0 spiro atoms. The summed E-state index contributed by atoms with van der Waals surface area (Å²) in [5.74, 6) is 1.70. The molecule has 0 radical (unpaired) electrons. The lowest BCUT2D eigenvalue weighted by molar-refractivity contribution is -0.0137. The van der Waals surface area contributed by atoms with Gasteiger partial charge in [0.25, 0.3) is 5.91 Å². The number of aryl methyl sites for hydroxylation is 1. The first-order valence-corrected chi connectivity index (χ1v) is 13.3. The number of hydrogen-bond donors (Lipinski definition) is 1. The minimum Gasteiger partial charge on any atom is -0.349 e. The lowest BCUT2D eigenvalue weighted by Gasteiger charge is -2.58. The molecule has 0 bridgehead atoms. The molecule has 6 atom stereocenters. The Morgan fingerprint density at radius 2 is 1.83 bits per heavy atom. The summed E-state index contributed by atoms with van der Waals surface area (Å²) in [5, 5.41) is 3.23. The fourth-order valence-electron chi connectivity index (χ4n) is 8.15. The predicted octanol–water partition coefficient (Wildman–Crippen LogP) is 6.54. The number of hydrogen-bond acceptors (Lipinski definition) is 2. The summed E-state index contributed by atoms with van der Waals surface area (Å²) in [6, 6.07) is 5.99. The molecule has 4 aliphatic carbocycles. The van der Waals surface area contributed by atoms with E-state index in [1.54, 1.807) is 17.7 Å². The van der Waals surface area contributed by atoms with Crippen LogP contribution < -0.4 is 5.32 Å². The minimum atomic E-state index is -0.315. The van der Waals surface area contributed by atoms with Crippen molar-refractivity contribution in [3.05, 3.63) is 71.6 Å². The molecule has 184 valence electrons. The second kappa shape index (κ2) is 8.18. The summed E-state index contributed by atoms with van der Waals surface area (Å²) in [6.45, 7) is 7.06. The lowest BCUT2D eigenvalue weighted by Crippen LogP contribution is -2.51. The summed E-state index contributed by atoms with van der Waals surface area (Å²) in [6.07, 6.45) is 17.1. The highest BCUT2D eigenvalue weighted by molar-refractivity contribution is 5.94. The van der Waals surface area contributed by atoms with Crippen molar-refractivity contribution in [1.29, 1.82) is 0 Å². The molecule has 3 unspecified atom stereocenters. The lowest BCUT2D eigenvalue weighted by atomic mass is 9.47. The van der Waals surface area contributed by atoms with Crippen LogP contribution in [0.2, 0.25) is 0 Å². The number of benzene rings is 1. The molecule has 2 fully saturated rings. The molecular weight excluding hydrogens is 437 g/mol. The third-order valence-corrected chi connectivity index (χ3v) is 10.1. The van der Waals surface area contributed by atoms with Crippen LogP contribution in [0.4, 0.5) is 4.39 Å². The van der Waals surface area contributed by atoms with Crippen molar-refractivity contribution < 1.29 is 9.18 Å². The number of amides is 1. The second-order valence-electron chi connectivity index (χ2n) is 11.9. The zero-order valence-corrected chi connectivity index (χ0v) is 21.1. The van der Waals surface area contributed by atoms with Crippen LogP contribution in [-0.2, 0) is 0 Å². The highest BCUT2D eigenvalue weighted by atomic mass is 19.1. The molecular formula is C30H36FN3O. The fraction of sp³-hybridized carbons (Fsp3) is 0.533. The van der Waals surface area contributed by atoms with Gasteiger partial charge < -0.3 is 9.88 Å². The van der Waals surface area contributed by atoms with Crippen LogP contribution in [0.3, 0.4) is 0 Å². The molecule has 0 aliphatic heterocycles. The molecule has 4 nitrogen and oxygen atoms in total. The highest BCUT2D eigenvalue weighted by Crippen LogP contribution is 2.65. The summed E-state index contributed by atoms with van der Waals surface area (Å²) in [5.41, 5.74) is 5.06. The number of imidazole rings is 1. The first-order chi connectivity index (χ1) is 16.8. The zero-order valence-electron chi connectivity index (χ0n) is 21.1. The topological polar surface area (TPSA) is 46.9 Å².